The van der Waals surface area contributed by atoms with Crippen molar-refractivity contribution in [3.63, 3.8) is 0 Å². The topological polar surface area (TPSA) is 532 Å². The Morgan fingerprint density at radius 3 is 1.96 bits per heavy atom. The van der Waals surface area contributed by atoms with Crippen molar-refractivity contribution < 1.29 is 136 Å². The lowest BCUT2D eigenvalue weighted by Crippen LogP contribution is -3.00. The van der Waals surface area contributed by atoms with Crippen LogP contribution in [0.3, 0.4) is 0 Å². The highest BCUT2D eigenvalue weighted by Gasteiger charge is 2.52. The molecule has 11 bridgehead atoms. The molecule has 12 rings (SSSR count). The van der Waals surface area contributed by atoms with E-state index in [0.29, 0.717) is 6.42 Å². The molecule has 5 aromatic rings. The van der Waals surface area contributed by atoms with Crippen LogP contribution in [0.5, 0.6) is 46.0 Å². The number of nitrogens with one attached hydrogen (secondary N) is 6. The number of nitrogens with zero attached hydrogens (tertiary/aromatic N) is 1. The number of hydrogen-bond donors (Lipinski definition) is 18. The zero-order chi connectivity index (χ0) is 76.4. The number of quaternary nitrogens is 1. The first-order valence-electron chi connectivity index (χ1n) is 33.5. The SMILES string of the molecule is CCCCC=N[C@H](CC(C)C)C(=O)N[C@H]1C(=O)N[C@@H](CC(N)=O)C(=O)N[C@@H]2C(=O)N[C@H]3C(=O)N[C@H](C(=O)N[C@H](C(=O)O)c4cc(O)cc(O)c4-c4cc3ccc4O)[C@H](O)c3ccc(c(Cl)c3)Oc3cc2cc(c3O[C@@H]2O[C@H](CO)[C@@H](O)[C@H](O)[C@H]2O[C@H]2C[C@](C)([NH3+])[C@H](O)[C@H](C)O2)Oc2ccc(cc2Cl)[C@H]1O.[Cl-]. The highest BCUT2D eigenvalue weighted by atomic mass is 35.5. The highest BCUT2D eigenvalue weighted by molar-refractivity contribution is 6.32. The molecule has 0 aliphatic carbocycles. The van der Waals surface area contributed by atoms with Crippen LogP contribution in [0.25, 0.3) is 11.1 Å². The van der Waals surface area contributed by atoms with E-state index in [1.165, 1.54) is 19.1 Å². The largest absolute Gasteiger partial charge is 1.00 e. The van der Waals surface area contributed by atoms with Crippen molar-refractivity contribution in [3.8, 4) is 57.1 Å². The number of aliphatic hydroxyl groups is 6. The van der Waals surface area contributed by atoms with E-state index in [9.17, 15) is 70.2 Å². The molecule has 21 N–H and O–H groups in total. The molecule has 572 valence electrons. The van der Waals surface area contributed by atoms with Crippen LogP contribution in [0.2, 0.25) is 10.0 Å². The van der Waals surface area contributed by atoms with Gasteiger partial charge in [-0.1, -0.05) is 68.6 Å². The zero-order valence-electron chi connectivity index (χ0n) is 57.5. The second-order valence-electron chi connectivity index (χ2n) is 27.0. The van der Waals surface area contributed by atoms with E-state index in [4.69, 9.17) is 57.4 Å². The third-order valence-electron chi connectivity index (χ3n) is 18.4. The molecule has 5 aromatic carbocycles. The average molecular weight is 1540 g/mol. The number of phenolic OH excluding ortho intramolecular Hbond substituents is 3. The van der Waals surface area contributed by atoms with E-state index in [1.54, 1.807) is 13.1 Å². The molecular weight excluding hydrogens is 1460 g/mol. The predicted molar refractivity (Wildman–Crippen MR) is 367 cm³/mol. The van der Waals surface area contributed by atoms with Gasteiger partial charge in [0.05, 0.1) is 35.6 Å². The number of carbonyl (C=O) groups excluding carboxylic acids is 7. The molecule has 0 aromatic heterocycles. The number of rotatable bonds is 16. The molecule has 0 saturated carbocycles. The number of halogens is 3. The number of hydrogen-bond acceptors (Lipinski definition) is 24. The minimum absolute atomic E-state index is 0. The van der Waals surface area contributed by atoms with Crippen molar-refractivity contribution in [1.29, 1.82) is 0 Å². The lowest BCUT2D eigenvalue weighted by atomic mass is 9.86. The summed E-state index contributed by atoms with van der Waals surface area (Å²) in [6.45, 7) is 7.79. The van der Waals surface area contributed by atoms with E-state index < -0.39 is 237 Å². The first-order chi connectivity index (χ1) is 49.7. The number of aliphatic hydroxyl groups excluding tert-OH is 6. The van der Waals surface area contributed by atoms with Gasteiger partial charge in [-0.05, 0) is 122 Å². The van der Waals surface area contributed by atoms with Gasteiger partial charge in [0.2, 0.25) is 53.4 Å². The number of aliphatic imine (C=N–C) groups is 1. The van der Waals surface area contributed by atoms with Gasteiger partial charge >= 0.3 is 5.97 Å². The number of amides is 7. The van der Waals surface area contributed by atoms with Crippen molar-refractivity contribution in [1.82, 2.24) is 31.9 Å². The van der Waals surface area contributed by atoms with Gasteiger partial charge in [0.15, 0.2) is 29.9 Å². The molecular formula is C70H82Cl3N9O24. The van der Waals surface area contributed by atoms with E-state index in [1.807, 2.05) is 20.8 Å². The van der Waals surface area contributed by atoms with E-state index in [-0.39, 0.29) is 58.6 Å². The van der Waals surface area contributed by atoms with Gasteiger partial charge < -0.3 is 135 Å². The smallest absolute Gasteiger partial charge is 0.330 e. The first kappa shape index (κ1) is 80.9. The number of unbranched alkanes of at least 4 members (excludes halogenated alkanes) is 2. The normalized spacial score (nSPS) is 28.6. The van der Waals surface area contributed by atoms with Crippen LogP contribution in [0.4, 0.5) is 0 Å². The molecule has 0 spiro atoms. The van der Waals surface area contributed by atoms with Gasteiger partial charge in [-0.2, -0.15) is 0 Å². The third-order valence-corrected chi connectivity index (χ3v) is 19.0. The minimum atomic E-state index is -2.35. The second-order valence-corrected chi connectivity index (χ2v) is 27.8. The van der Waals surface area contributed by atoms with E-state index in [2.05, 4.69) is 42.6 Å². The molecule has 7 aliphatic rings. The Bertz CT molecular complexity index is 4210. The fourth-order valence-electron chi connectivity index (χ4n) is 12.9. The number of fused-ring (bicyclic) bond motifs is 15. The van der Waals surface area contributed by atoms with E-state index in [0.717, 1.165) is 79.6 Å². The maximum Gasteiger partial charge on any atom is 0.330 e. The van der Waals surface area contributed by atoms with Gasteiger partial charge in [-0.15, -0.1) is 0 Å². The molecule has 36 heteroatoms. The summed E-state index contributed by atoms with van der Waals surface area (Å²) in [5, 5.41) is 128. The van der Waals surface area contributed by atoms with Crippen LogP contribution in [-0.2, 0) is 52.6 Å². The standard InChI is InChI=1S/C70H81Cl2N9O24.ClH/c1-6-7-8-15-75-38(16-27(2)3)62(92)80-53-55(87)30-10-13-42(36(71)18-30)101-44-20-32-21-45(59(44)105-69-60(58(90)57(89)46(26-82)103-69)104-48-25-70(5,74)61(91)28(4)100-48)102-43-14-11-31(19-37(43)72)56(88)54-67(97)79-52(68(98)99)35-22-33(83)23-41(85)49(35)34-17-29(9-12-40(34)84)50(64(94)81-54)78-65(95)51(32)77-63(93)39(24-47(73)86)76-66(53)96;/h9-15,17-23,27-28,38-39,46,48,50-58,60-61,69,82-85,87-91H,6-8,16,24-26,74H2,1-5H3,(H2,73,86)(H,76,96)(H,77,93)(H,78,95)(H,79,97)(H,80,92)(H,81,94)(H,98,99);1H/t28-,38+,39-,46+,48-,50+,51-,52-,53+,54-,55+,56+,57+,58-,60+,61+,69-,70-;/m0./s1. The molecule has 0 unspecified atom stereocenters. The Morgan fingerprint density at radius 2 is 1.37 bits per heavy atom. The quantitative estimate of drug-likeness (QED) is 0.0392. The highest BCUT2D eigenvalue weighted by Crippen LogP contribution is 2.50. The Hall–Kier alpha value is -9.20. The maximum atomic E-state index is 16.1. The number of nitrogens with two attached hydrogens (primary N) is 1. The van der Waals surface area contributed by atoms with Crippen LogP contribution in [0.15, 0.2) is 83.9 Å². The molecule has 2 fully saturated rings. The van der Waals surface area contributed by atoms with Crippen LogP contribution in [-0.4, -0.2) is 190 Å². The van der Waals surface area contributed by atoms with Gasteiger partial charge in [0.1, 0.15) is 107 Å². The molecule has 0 radical (unpaired) electrons. The van der Waals surface area contributed by atoms with Gasteiger partial charge in [-0.3, -0.25) is 38.6 Å². The monoisotopic (exact) mass is 1540 g/mol. The van der Waals surface area contributed by atoms with Gasteiger partial charge in [-0.25, -0.2) is 4.79 Å². The number of carbonyl (C=O) groups is 8. The minimum Gasteiger partial charge on any atom is -1.00 e. The lowest BCUT2D eigenvalue weighted by Gasteiger charge is -2.45. The van der Waals surface area contributed by atoms with Crippen LogP contribution in [0, 0.1) is 5.92 Å². The van der Waals surface area contributed by atoms with Crippen LogP contribution < -0.4 is 70.0 Å². The average Bonchev–Trinajstić information content (AvgIpc) is 0.768. The molecule has 106 heavy (non-hydrogen) atoms. The molecule has 7 aliphatic heterocycles. The summed E-state index contributed by atoms with van der Waals surface area (Å²) in [6.07, 6.45) is -14.6. The van der Waals surface area contributed by atoms with Crippen molar-refractivity contribution in [2.24, 2.45) is 16.6 Å². The van der Waals surface area contributed by atoms with Gasteiger partial charge in [0, 0.05) is 22.8 Å². The summed E-state index contributed by atoms with van der Waals surface area (Å²) in [5.41, 5.74) is 5.93. The van der Waals surface area contributed by atoms with Gasteiger partial charge in [0.25, 0.3) is 0 Å². The number of carboxylic acids is 1. The fraction of sp³-hybridized carbons (Fsp3) is 0.443. The zero-order valence-corrected chi connectivity index (χ0v) is 59.7. The number of ether oxygens (including phenoxy) is 6. The fourth-order valence-corrected chi connectivity index (χ4v) is 13.3. The van der Waals surface area contributed by atoms with Crippen LogP contribution >= 0.6 is 23.2 Å². The Balaban J connectivity index is 0.0000130. The maximum absolute atomic E-state index is 16.1. The van der Waals surface area contributed by atoms with Crippen molar-refractivity contribution in [3.05, 3.63) is 117 Å². The Morgan fingerprint density at radius 1 is 0.755 bits per heavy atom. The van der Waals surface area contributed by atoms with Crippen LogP contribution in [0.1, 0.15) is 131 Å². The third kappa shape index (κ3) is 17.7. The second kappa shape index (κ2) is 33.7. The predicted octanol–water partition coefficient (Wildman–Crippen LogP) is -1.56. The summed E-state index contributed by atoms with van der Waals surface area (Å²) in [5.74, 6) is -16.0. The number of aliphatic carboxylic acids is 1. The molecule has 7 heterocycles. The molecule has 33 nitrogen and oxygen atoms in total. The molecule has 2 saturated heterocycles. The summed E-state index contributed by atoms with van der Waals surface area (Å²) in [7, 11) is 0. The Kier molecular flexibility index (Phi) is 25.7. The number of phenols is 3. The number of carboxylic acid groups (broad SMARTS) is 1. The van der Waals surface area contributed by atoms with Crippen molar-refractivity contribution in [2.75, 3.05) is 6.61 Å². The van der Waals surface area contributed by atoms with Crippen molar-refractivity contribution >= 4 is 76.7 Å². The summed E-state index contributed by atoms with van der Waals surface area (Å²) < 4.78 is 38.5. The summed E-state index contributed by atoms with van der Waals surface area (Å²) >= 11 is 14.2. The number of benzene rings is 5. The molecule has 18 atom stereocenters. The summed E-state index contributed by atoms with van der Waals surface area (Å²) in [4.78, 5) is 122. The Labute approximate surface area is 621 Å². The van der Waals surface area contributed by atoms with E-state index >= 15 is 19.2 Å². The number of primary amides is 1. The first-order valence-corrected chi connectivity index (χ1v) is 34.3. The number of aromatic hydroxyl groups is 3. The lowest BCUT2D eigenvalue weighted by molar-refractivity contribution is -0.518. The molecule has 7 amide bonds. The summed E-state index contributed by atoms with van der Waals surface area (Å²) in [6, 6.07) is -0.790. The van der Waals surface area contributed by atoms with Crippen molar-refractivity contribution in [2.45, 2.75) is 182 Å².